The number of ketones is 1. The number of β-amino-alcohol motifs (C(OH)–C–C–N with tert-alkyl or cyclic N) is 1. The van der Waals surface area contributed by atoms with Crippen LogP contribution in [-0.2, 0) is 9.59 Å². The van der Waals surface area contributed by atoms with Crippen LogP contribution in [-0.4, -0.2) is 85.8 Å². The topological polar surface area (TPSA) is 139 Å². The number of aromatic hydroxyl groups is 1. The zero-order valence-corrected chi connectivity index (χ0v) is 19.2. The van der Waals surface area contributed by atoms with Gasteiger partial charge in [0.2, 0.25) is 5.91 Å². The smallest absolute Gasteiger partial charge is 0.352 e. The van der Waals surface area contributed by atoms with Crippen molar-refractivity contribution in [3.8, 4) is 5.75 Å². The summed E-state index contributed by atoms with van der Waals surface area (Å²) in [4.78, 5) is 40.3. The molecule has 2 saturated heterocycles. The SMILES string of the molecule is Cc1c(O)ccc(C(=O)C[C@H]2CN(CC3=C(C(=O)O)N4C(=O)[C@H]([C@@H](C)O)[C@H]4[C@H]3C)C[C@@H]2O)c1F. The van der Waals surface area contributed by atoms with Crippen LogP contribution in [0.3, 0.4) is 0 Å². The first kappa shape index (κ1) is 24.3. The summed E-state index contributed by atoms with van der Waals surface area (Å²) < 4.78 is 14.4. The molecule has 4 rings (SSSR count). The zero-order chi connectivity index (χ0) is 25.1. The molecule has 9 nitrogen and oxygen atoms in total. The normalized spacial score (nSPS) is 29.9. The maximum atomic E-state index is 14.4. The Hall–Kier alpha value is -2.82. The molecule has 0 unspecified atom stereocenters. The number of fused-ring (bicyclic) bond motifs is 1. The fourth-order valence-corrected chi connectivity index (χ4v) is 5.60. The molecule has 0 radical (unpaired) electrons. The molecule has 0 bridgehead atoms. The molecule has 6 atom stereocenters. The van der Waals surface area contributed by atoms with Crippen molar-refractivity contribution in [2.75, 3.05) is 19.6 Å². The van der Waals surface area contributed by atoms with Gasteiger partial charge in [-0.25, -0.2) is 9.18 Å². The van der Waals surface area contributed by atoms with Gasteiger partial charge in [-0.3, -0.25) is 14.5 Å². The quantitative estimate of drug-likeness (QED) is 0.336. The summed E-state index contributed by atoms with van der Waals surface area (Å²) in [7, 11) is 0. The van der Waals surface area contributed by atoms with Crippen LogP contribution in [0.4, 0.5) is 4.39 Å². The van der Waals surface area contributed by atoms with Gasteiger partial charge >= 0.3 is 5.97 Å². The number of carboxylic acids is 1. The lowest BCUT2D eigenvalue weighted by Gasteiger charge is -2.46. The van der Waals surface area contributed by atoms with Gasteiger partial charge in [0, 0.05) is 43.5 Å². The third-order valence-corrected chi connectivity index (χ3v) is 7.50. The Morgan fingerprint density at radius 3 is 2.56 bits per heavy atom. The predicted molar refractivity (Wildman–Crippen MR) is 117 cm³/mol. The maximum absolute atomic E-state index is 14.4. The minimum absolute atomic E-state index is 0.0162. The van der Waals surface area contributed by atoms with Crippen LogP contribution < -0.4 is 0 Å². The van der Waals surface area contributed by atoms with Crippen LogP contribution in [0.5, 0.6) is 5.75 Å². The van der Waals surface area contributed by atoms with Gasteiger partial charge in [-0.05, 0) is 31.6 Å². The Morgan fingerprint density at radius 2 is 1.94 bits per heavy atom. The number of phenols is 1. The number of hydrogen-bond acceptors (Lipinski definition) is 7. The number of aliphatic hydroxyl groups excluding tert-OH is 2. The molecule has 10 heteroatoms. The molecular formula is C24H29FN2O7. The van der Waals surface area contributed by atoms with Gasteiger partial charge in [-0.15, -0.1) is 0 Å². The predicted octanol–water partition coefficient (Wildman–Crippen LogP) is 0.901. The van der Waals surface area contributed by atoms with Gasteiger partial charge in [-0.2, -0.15) is 0 Å². The van der Waals surface area contributed by atoms with Gasteiger partial charge in [0.15, 0.2) is 5.78 Å². The van der Waals surface area contributed by atoms with Crippen molar-refractivity contribution in [2.45, 2.75) is 45.4 Å². The highest BCUT2D eigenvalue weighted by molar-refractivity contribution is 6.00. The number of rotatable bonds is 7. The Morgan fingerprint density at radius 1 is 1.26 bits per heavy atom. The van der Waals surface area contributed by atoms with Crippen LogP contribution in [0.1, 0.15) is 36.2 Å². The summed E-state index contributed by atoms with van der Waals surface area (Å²) >= 11 is 0. The average molecular weight is 477 g/mol. The monoisotopic (exact) mass is 476 g/mol. The van der Waals surface area contributed by atoms with E-state index in [1.54, 1.807) is 0 Å². The van der Waals surface area contributed by atoms with Gasteiger partial charge in [0.1, 0.15) is 17.3 Å². The average Bonchev–Trinajstić information content (AvgIpc) is 3.21. The fraction of sp³-hybridized carbons (Fsp3) is 0.542. The summed E-state index contributed by atoms with van der Waals surface area (Å²) in [5.74, 6) is -4.55. The highest BCUT2D eigenvalue weighted by Gasteiger charge is 2.59. The number of benzene rings is 1. The van der Waals surface area contributed by atoms with Crippen molar-refractivity contribution < 1.29 is 39.2 Å². The second-order valence-corrected chi connectivity index (χ2v) is 9.65. The minimum atomic E-state index is -1.22. The molecule has 1 aromatic carbocycles. The van der Waals surface area contributed by atoms with Crippen LogP contribution in [0.2, 0.25) is 0 Å². The number of carboxylic acid groups (broad SMARTS) is 1. The number of amides is 1. The lowest BCUT2D eigenvalue weighted by molar-refractivity contribution is -0.163. The van der Waals surface area contributed by atoms with E-state index in [0.717, 1.165) is 0 Å². The maximum Gasteiger partial charge on any atom is 0.352 e. The molecule has 184 valence electrons. The van der Waals surface area contributed by atoms with E-state index in [4.69, 9.17) is 0 Å². The largest absolute Gasteiger partial charge is 0.508 e. The van der Waals surface area contributed by atoms with Gasteiger partial charge < -0.3 is 25.3 Å². The van der Waals surface area contributed by atoms with Crippen LogP contribution >= 0.6 is 0 Å². The molecule has 3 aliphatic heterocycles. The highest BCUT2D eigenvalue weighted by atomic mass is 19.1. The number of Topliss-reactive ketones (excluding diaryl/α,β-unsaturated/α-hetero) is 1. The summed E-state index contributed by atoms with van der Waals surface area (Å²) in [6.45, 7) is 5.42. The van der Waals surface area contributed by atoms with Crippen LogP contribution in [0.15, 0.2) is 23.4 Å². The Labute approximate surface area is 196 Å². The van der Waals surface area contributed by atoms with Crippen molar-refractivity contribution in [1.29, 1.82) is 0 Å². The summed E-state index contributed by atoms with van der Waals surface area (Å²) in [5, 5.41) is 39.9. The van der Waals surface area contributed by atoms with E-state index < -0.39 is 53.6 Å². The number of hydrogen-bond donors (Lipinski definition) is 4. The van der Waals surface area contributed by atoms with E-state index in [9.17, 15) is 39.2 Å². The Kier molecular flexibility index (Phi) is 6.26. The number of carbonyl (C=O) groups excluding carboxylic acids is 2. The molecular weight excluding hydrogens is 447 g/mol. The molecule has 4 N–H and O–H groups in total. The Balaban J connectivity index is 1.48. The molecule has 0 aliphatic carbocycles. The first-order valence-electron chi connectivity index (χ1n) is 11.3. The number of halogens is 1. The van der Waals surface area contributed by atoms with E-state index in [1.807, 2.05) is 11.8 Å². The molecule has 0 spiro atoms. The first-order chi connectivity index (χ1) is 15.9. The molecule has 0 aromatic heterocycles. The van der Waals surface area contributed by atoms with Crippen molar-refractivity contribution >= 4 is 17.7 Å². The number of phenolic OH excluding ortho intramolecular Hbond substituents is 1. The van der Waals surface area contributed by atoms with E-state index in [2.05, 4.69) is 0 Å². The highest BCUT2D eigenvalue weighted by Crippen LogP contribution is 2.47. The number of likely N-dealkylation sites (tertiary alicyclic amines) is 1. The number of carbonyl (C=O) groups is 3. The fourth-order valence-electron chi connectivity index (χ4n) is 5.60. The van der Waals surface area contributed by atoms with Gasteiger partial charge in [-0.1, -0.05) is 6.92 Å². The third-order valence-electron chi connectivity index (χ3n) is 7.50. The van der Waals surface area contributed by atoms with Crippen molar-refractivity contribution in [3.63, 3.8) is 0 Å². The molecule has 0 saturated carbocycles. The summed E-state index contributed by atoms with van der Waals surface area (Å²) in [6.07, 6.45) is -1.85. The van der Waals surface area contributed by atoms with E-state index in [1.165, 1.54) is 30.9 Å². The van der Waals surface area contributed by atoms with Gasteiger partial charge in [0.05, 0.1) is 29.7 Å². The summed E-state index contributed by atoms with van der Waals surface area (Å²) in [6, 6.07) is 2.07. The molecule has 3 heterocycles. The lowest BCUT2D eigenvalue weighted by Crippen LogP contribution is -2.63. The number of nitrogens with zero attached hydrogens (tertiary/aromatic N) is 2. The second-order valence-electron chi connectivity index (χ2n) is 9.65. The third kappa shape index (κ3) is 3.79. The molecule has 2 fully saturated rings. The lowest BCUT2D eigenvalue weighted by atomic mass is 9.77. The van der Waals surface area contributed by atoms with Crippen molar-refractivity contribution in [2.24, 2.45) is 17.8 Å². The van der Waals surface area contributed by atoms with Crippen molar-refractivity contribution in [3.05, 3.63) is 40.3 Å². The number of aliphatic hydroxyl groups is 2. The molecule has 1 amide bonds. The standard InChI is InChI=1S/C24H29FN2O7/c1-10-15(22(24(33)34)27-21(10)19(12(3)28)23(27)32)8-26-7-13(18(31)9-26)6-17(30)14-4-5-16(29)11(2)20(14)25/h4-5,10,12-13,18-19,21,28-29,31H,6-9H2,1-3H3,(H,33,34)/t10-,12+,13-,18-,19+,21+/m0/s1. The van der Waals surface area contributed by atoms with Crippen molar-refractivity contribution in [1.82, 2.24) is 9.80 Å². The number of aliphatic carboxylic acids is 1. The zero-order valence-electron chi connectivity index (χ0n) is 19.2. The minimum Gasteiger partial charge on any atom is -0.508 e. The van der Waals surface area contributed by atoms with E-state index >= 15 is 0 Å². The molecule has 1 aromatic rings. The molecule has 3 aliphatic rings. The first-order valence-corrected chi connectivity index (χ1v) is 11.3. The van der Waals surface area contributed by atoms with E-state index in [0.29, 0.717) is 12.1 Å². The summed E-state index contributed by atoms with van der Waals surface area (Å²) in [5.41, 5.74) is 0.314. The molecule has 34 heavy (non-hydrogen) atoms. The van der Waals surface area contributed by atoms with E-state index in [-0.39, 0.29) is 48.0 Å². The number of β-lactam (4-membered cyclic amide) rings is 1. The second kappa shape index (κ2) is 8.75. The van der Waals surface area contributed by atoms with Gasteiger partial charge in [0.25, 0.3) is 0 Å². The van der Waals surface area contributed by atoms with Crippen LogP contribution in [0.25, 0.3) is 0 Å². The Bertz CT molecular complexity index is 1090. The van der Waals surface area contributed by atoms with Crippen LogP contribution in [0, 0.1) is 30.5 Å².